The number of rotatable bonds is 4. The van der Waals surface area contributed by atoms with E-state index in [9.17, 15) is 0 Å². The topological polar surface area (TPSA) is 43.7 Å². The van der Waals surface area contributed by atoms with Crippen LogP contribution in [-0.4, -0.2) is 17.2 Å². The molecular weight excluding hydrogens is 353 g/mol. The third-order valence-corrected chi connectivity index (χ3v) is 4.75. The van der Waals surface area contributed by atoms with Crippen molar-refractivity contribution in [2.45, 2.75) is 0 Å². The lowest BCUT2D eigenvalue weighted by Crippen LogP contribution is -2.26. The Bertz CT molecular complexity index is 807. The highest BCUT2D eigenvalue weighted by Gasteiger charge is 2.10. The van der Waals surface area contributed by atoms with E-state index < -0.39 is 7.12 Å². The Kier molecular flexibility index (Phi) is 6.82. The van der Waals surface area contributed by atoms with Crippen molar-refractivity contribution in [2.24, 2.45) is 0 Å². The highest BCUT2D eigenvalue weighted by molar-refractivity contribution is 7.20. The molecule has 0 aliphatic carbocycles. The molecule has 3 aromatic carbocycles. The van der Waals surface area contributed by atoms with Gasteiger partial charge in [-0.2, -0.15) is 11.3 Å². The summed E-state index contributed by atoms with van der Waals surface area (Å²) < 4.78 is 0.588. The zero-order chi connectivity index (χ0) is 18.9. The van der Waals surface area contributed by atoms with Crippen LogP contribution in [0.3, 0.4) is 0 Å². The van der Waals surface area contributed by atoms with E-state index in [4.69, 9.17) is 10.0 Å². The van der Waals surface area contributed by atoms with Crippen molar-refractivity contribution in [1.29, 1.82) is 0 Å². The Labute approximate surface area is 163 Å². The van der Waals surface area contributed by atoms with Crippen molar-refractivity contribution in [3.8, 4) is 0 Å². The fraction of sp³-hybridized carbons (Fsp3) is 0. The summed E-state index contributed by atoms with van der Waals surface area (Å²) in [5.41, 5.74) is 3.50. The van der Waals surface area contributed by atoms with Crippen LogP contribution >= 0.6 is 11.3 Å². The molecule has 0 unspecified atom stereocenters. The van der Waals surface area contributed by atoms with Gasteiger partial charge < -0.3 is 14.9 Å². The molecule has 134 valence electrons. The zero-order valence-corrected chi connectivity index (χ0v) is 15.5. The van der Waals surface area contributed by atoms with Crippen LogP contribution in [-0.2, 0) is 0 Å². The predicted molar refractivity (Wildman–Crippen MR) is 115 cm³/mol. The molecule has 4 rings (SSSR count). The number of hydrogen-bond acceptors (Lipinski definition) is 4. The van der Waals surface area contributed by atoms with Crippen LogP contribution in [0.4, 0.5) is 17.1 Å². The molecule has 1 aromatic heterocycles. The molecule has 0 spiro atoms. The van der Waals surface area contributed by atoms with Crippen LogP contribution in [0.5, 0.6) is 0 Å². The van der Waals surface area contributed by atoms with Gasteiger partial charge in [0, 0.05) is 21.8 Å². The van der Waals surface area contributed by atoms with Crippen LogP contribution in [0.2, 0.25) is 0 Å². The first-order chi connectivity index (χ1) is 13.3. The number of para-hydroxylation sites is 3. The molecule has 4 aromatic rings. The molecule has 2 N–H and O–H groups in total. The Morgan fingerprint density at radius 3 is 1.22 bits per heavy atom. The average Bonchev–Trinajstić information content (AvgIpc) is 3.27. The molecule has 0 saturated carbocycles. The maximum atomic E-state index is 8.48. The third-order valence-electron chi connectivity index (χ3n) is 3.84. The number of nitrogens with zero attached hydrogens (tertiary/aromatic N) is 1. The fourth-order valence-electron chi connectivity index (χ4n) is 2.62. The molecule has 0 aliphatic rings. The molecule has 0 saturated heterocycles. The molecule has 0 fully saturated rings. The minimum Gasteiger partial charge on any atom is -0.423 e. The minimum absolute atomic E-state index is 0.588. The van der Waals surface area contributed by atoms with Gasteiger partial charge in [0.1, 0.15) is 0 Å². The van der Waals surface area contributed by atoms with E-state index in [0.717, 1.165) is 0 Å². The van der Waals surface area contributed by atoms with Crippen molar-refractivity contribution in [3.63, 3.8) is 0 Å². The monoisotopic (exact) mass is 373 g/mol. The quantitative estimate of drug-likeness (QED) is 0.515. The van der Waals surface area contributed by atoms with Gasteiger partial charge in [0.15, 0.2) is 0 Å². The van der Waals surface area contributed by atoms with E-state index in [1.54, 1.807) is 17.5 Å². The lowest BCUT2D eigenvalue weighted by molar-refractivity contribution is 0.427. The van der Waals surface area contributed by atoms with Gasteiger partial charge in [0.05, 0.1) is 0 Å². The van der Waals surface area contributed by atoms with Crippen molar-refractivity contribution >= 4 is 40.3 Å². The van der Waals surface area contributed by atoms with Crippen molar-refractivity contribution < 1.29 is 10.0 Å². The van der Waals surface area contributed by atoms with E-state index in [0.29, 0.717) is 4.78 Å². The molecule has 3 nitrogen and oxygen atoms in total. The highest BCUT2D eigenvalue weighted by atomic mass is 32.1. The van der Waals surface area contributed by atoms with Crippen molar-refractivity contribution in [3.05, 3.63) is 109 Å². The third kappa shape index (κ3) is 5.31. The van der Waals surface area contributed by atoms with Crippen LogP contribution < -0.4 is 9.68 Å². The van der Waals surface area contributed by atoms with Crippen molar-refractivity contribution in [2.75, 3.05) is 4.90 Å². The summed E-state index contributed by atoms with van der Waals surface area (Å²) in [5, 5.41) is 18.8. The number of thiophene rings is 1. The lowest BCUT2D eigenvalue weighted by Gasteiger charge is -2.25. The van der Waals surface area contributed by atoms with Crippen molar-refractivity contribution in [1.82, 2.24) is 0 Å². The molecule has 0 amide bonds. The van der Waals surface area contributed by atoms with Gasteiger partial charge in [-0.05, 0) is 41.8 Å². The normalized spacial score (nSPS) is 9.85. The summed E-state index contributed by atoms with van der Waals surface area (Å²) in [4.78, 5) is 2.25. The van der Waals surface area contributed by atoms with Gasteiger partial charge in [-0.25, -0.2) is 0 Å². The summed E-state index contributed by atoms with van der Waals surface area (Å²) in [5.74, 6) is 0. The van der Waals surface area contributed by atoms with E-state index >= 15 is 0 Å². The van der Waals surface area contributed by atoms with Gasteiger partial charge in [0.25, 0.3) is 0 Å². The SMILES string of the molecule is OB(O)c1cccs1.c1ccc(N(c2ccccc2)c2ccccc2)cc1. The van der Waals surface area contributed by atoms with Gasteiger partial charge in [-0.15, -0.1) is 0 Å². The van der Waals surface area contributed by atoms with Crippen LogP contribution in [0.25, 0.3) is 0 Å². The summed E-state index contributed by atoms with van der Waals surface area (Å²) in [6.07, 6.45) is 0. The Hall–Kier alpha value is -2.86. The first-order valence-electron chi connectivity index (χ1n) is 8.60. The second-order valence-corrected chi connectivity index (χ2v) is 6.71. The van der Waals surface area contributed by atoms with Crippen LogP contribution in [0.1, 0.15) is 0 Å². The summed E-state index contributed by atoms with van der Waals surface area (Å²) >= 11 is 1.33. The standard InChI is InChI=1S/C18H15N.C4H5BO2S/c1-4-10-16(11-5-1)19(17-12-6-2-7-13-17)18-14-8-3-9-15-18;6-5(7)4-2-1-3-8-4/h1-15H;1-3,6-7H. The molecule has 27 heavy (non-hydrogen) atoms. The molecule has 0 radical (unpaired) electrons. The van der Waals surface area contributed by atoms with Gasteiger partial charge in [-0.1, -0.05) is 66.7 Å². The number of anilines is 3. The zero-order valence-electron chi connectivity index (χ0n) is 14.7. The molecule has 5 heteroatoms. The Morgan fingerprint density at radius 1 is 0.556 bits per heavy atom. The van der Waals surface area contributed by atoms with E-state index in [1.807, 2.05) is 18.2 Å². The van der Waals surface area contributed by atoms with E-state index in [1.165, 1.54) is 28.4 Å². The largest absolute Gasteiger partial charge is 0.499 e. The summed E-state index contributed by atoms with van der Waals surface area (Å²) in [6, 6.07) is 34.7. The average molecular weight is 373 g/mol. The minimum atomic E-state index is -1.30. The van der Waals surface area contributed by atoms with Crippen LogP contribution in [0.15, 0.2) is 109 Å². The summed E-state index contributed by atoms with van der Waals surface area (Å²) in [7, 11) is -1.30. The van der Waals surface area contributed by atoms with Gasteiger partial charge in [-0.3, -0.25) is 0 Å². The second kappa shape index (κ2) is 9.74. The fourth-order valence-corrected chi connectivity index (χ4v) is 3.21. The van der Waals surface area contributed by atoms with Gasteiger partial charge in [0.2, 0.25) is 0 Å². The predicted octanol–water partition coefficient (Wildman–Crippen LogP) is 4.58. The van der Waals surface area contributed by atoms with Gasteiger partial charge >= 0.3 is 7.12 Å². The molecule has 0 aliphatic heterocycles. The Balaban J connectivity index is 0.000000221. The van der Waals surface area contributed by atoms with E-state index in [-0.39, 0.29) is 0 Å². The molecule has 1 heterocycles. The first-order valence-corrected chi connectivity index (χ1v) is 9.48. The van der Waals surface area contributed by atoms with Crippen LogP contribution in [0, 0.1) is 0 Å². The number of benzene rings is 3. The molecule has 0 bridgehead atoms. The summed E-state index contributed by atoms with van der Waals surface area (Å²) in [6.45, 7) is 0. The van der Waals surface area contributed by atoms with E-state index in [2.05, 4.69) is 77.7 Å². The molecule has 0 atom stereocenters. The first kappa shape index (κ1) is 18.9. The second-order valence-electron chi connectivity index (χ2n) is 5.73. The lowest BCUT2D eigenvalue weighted by atomic mass is 9.90. The molecular formula is C22H20BNO2S. The smallest absolute Gasteiger partial charge is 0.423 e. The maximum absolute atomic E-state index is 8.48. The maximum Gasteiger partial charge on any atom is 0.499 e. The number of hydrogen-bond donors (Lipinski definition) is 2. The Morgan fingerprint density at radius 2 is 0.963 bits per heavy atom. The highest BCUT2D eigenvalue weighted by Crippen LogP contribution is 2.33.